The van der Waals surface area contributed by atoms with Gasteiger partial charge < -0.3 is 0 Å². The van der Waals surface area contributed by atoms with Gasteiger partial charge in [0.15, 0.2) is 0 Å². The van der Waals surface area contributed by atoms with Crippen molar-refractivity contribution in [2.75, 3.05) is 0 Å². The molecule has 0 aliphatic carbocycles. The van der Waals surface area contributed by atoms with Crippen molar-refractivity contribution in [1.82, 2.24) is 0 Å². The summed E-state index contributed by atoms with van der Waals surface area (Å²) in [5.41, 5.74) is 4.53. The van der Waals surface area contributed by atoms with Crippen molar-refractivity contribution in [1.29, 1.82) is 0 Å². The molecule has 0 radical (unpaired) electrons. The van der Waals surface area contributed by atoms with E-state index in [-0.39, 0.29) is 21.1 Å². The van der Waals surface area contributed by atoms with Crippen LogP contribution in [0, 0.1) is 13.8 Å². The second-order valence-corrected chi connectivity index (χ2v) is 7.36. The normalized spacial score (nSPS) is 19.8. The van der Waals surface area contributed by atoms with Crippen LogP contribution in [0.5, 0.6) is 0 Å². The number of hydrogen-bond donors (Lipinski definition) is 0. The van der Waals surface area contributed by atoms with Gasteiger partial charge in [-0.25, -0.2) is 0 Å². The van der Waals surface area contributed by atoms with Gasteiger partial charge in [0.2, 0.25) is 0 Å². The van der Waals surface area contributed by atoms with E-state index in [1.54, 1.807) is 0 Å². The van der Waals surface area contributed by atoms with Crippen molar-refractivity contribution < 1.29 is 4.74 Å². The number of para-hydroxylation sites is 1. The summed E-state index contributed by atoms with van der Waals surface area (Å²) in [6.07, 6.45) is -0.0470. The number of aliphatic imine (C=N–C) groups is 1. The van der Waals surface area contributed by atoms with Crippen LogP contribution in [0.3, 0.4) is 0 Å². The first-order valence-electron chi connectivity index (χ1n) is 6.88. The molecule has 0 bridgehead atoms. The summed E-state index contributed by atoms with van der Waals surface area (Å²) in [6.45, 7) is 8.33. The van der Waals surface area contributed by atoms with Crippen LogP contribution in [0.15, 0.2) is 64.6 Å². The monoisotopic (exact) mass is 343 g/mol. The van der Waals surface area contributed by atoms with E-state index < -0.39 is 0 Å². The van der Waals surface area contributed by atoms with E-state index in [4.69, 9.17) is 9.73 Å². The first-order valence-corrected chi connectivity index (χ1v) is 8.59. The number of rotatable bonds is 2. The summed E-state index contributed by atoms with van der Waals surface area (Å²) < 4.78 is 7.18. The molecule has 2 aromatic rings. The third kappa shape index (κ3) is 2.94. The molecule has 1 aliphatic rings. The van der Waals surface area contributed by atoms with Gasteiger partial charge in [-0.05, 0) is 0 Å². The third-order valence-corrected chi connectivity index (χ3v) is 5.23. The van der Waals surface area contributed by atoms with Gasteiger partial charge in [-0.3, -0.25) is 0 Å². The van der Waals surface area contributed by atoms with Gasteiger partial charge in [-0.15, -0.1) is 0 Å². The van der Waals surface area contributed by atoms with Gasteiger partial charge >= 0.3 is 131 Å². The first-order chi connectivity index (χ1) is 10.1. The zero-order valence-corrected chi connectivity index (χ0v) is 13.9. The average Bonchev–Trinajstić information content (AvgIpc) is 2.85. The zero-order valence-electron chi connectivity index (χ0n) is 12.2. The van der Waals surface area contributed by atoms with Gasteiger partial charge in [-0.1, -0.05) is 0 Å². The Bertz CT molecular complexity index is 686. The molecule has 2 nitrogen and oxygen atoms in total. The topological polar surface area (TPSA) is 21.6 Å². The van der Waals surface area contributed by atoms with Gasteiger partial charge in [-0.2, -0.15) is 0 Å². The van der Waals surface area contributed by atoms with Crippen LogP contribution in [-0.4, -0.2) is 19.8 Å². The first kappa shape index (κ1) is 14.1. The second-order valence-electron chi connectivity index (χ2n) is 5.10. The fraction of sp³-hybridized carbons (Fsp3) is 0.167. The van der Waals surface area contributed by atoms with E-state index in [2.05, 4.69) is 50.8 Å². The summed E-state index contributed by atoms with van der Waals surface area (Å²) in [5, 5.41) is 0. The fourth-order valence-corrected chi connectivity index (χ4v) is 4.03. The molecule has 3 rings (SSSR count). The molecule has 1 saturated heterocycles. The number of benzene rings is 2. The summed E-state index contributed by atoms with van der Waals surface area (Å²) in [4.78, 5) is 5.56. The molecule has 0 N–H and O–H groups in total. The minimum atomic E-state index is -0.0470. The Morgan fingerprint density at radius 1 is 1.00 bits per heavy atom. The van der Waals surface area contributed by atoms with Crippen molar-refractivity contribution in [3.05, 3.63) is 76.3 Å². The molecule has 0 amide bonds. The molecule has 1 heterocycles. The molecule has 1 fully saturated rings. The summed E-state index contributed by atoms with van der Waals surface area (Å²) in [7, 11) is 0. The predicted molar refractivity (Wildman–Crippen MR) is 88.2 cm³/mol. The van der Waals surface area contributed by atoms with Crippen LogP contribution in [-0.2, 0) is 4.74 Å². The molecule has 0 aromatic heterocycles. The van der Waals surface area contributed by atoms with E-state index in [1.807, 2.05) is 18.2 Å². The molecule has 1 unspecified atom stereocenters. The predicted octanol–water partition coefficient (Wildman–Crippen LogP) is 4.28. The fourth-order valence-electron chi connectivity index (χ4n) is 2.36. The molecule has 1 aliphatic heterocycles. The van der Waals surface area contributed by atoms with E-state index in [9.17, 15) is 0 Å². The van der Waals surface area contributed by atoms with Crippen molar-refractivity contribution in [2.24, 2.45) is 4.99 Å². The number of hydrogen-bond acceptors (Lipinski definition) is 2. The Labute approximate surface area is 131 Å². The molecule has 1 atom stereocenters. The standard InChI is InChI=1S/C18H17NOSe/c1-12-8-7-9-13(2)16(12)19-18-20-17(14(3)21-18)15-10-5-4-6-11-15/h4-11,17H,3H2,1-2H3. The van der Waals surface area contributed by atoms with Crippen LogP contribution in [0.2, 0.25) is 0 Å². The van der Waals surface area contributed by atoms with Gasteiger partial charge in [0, 0.05) is 0 Å². The SMILES string of the molecule is C=C1[Se]C(=Nc2c(C)cccc2C)OC1c1ccccc1. The number of aryl methyl sites for hydroxylation is 2. The van der Waals surface area contributed by atoms with Gasteiger partial charge in [0.05, 0.1) is 0 Å². The van der Waals surface area contributed by atoms with Crippen LogP contribution in [0.1, 0.15) is 22.8 Å². The van der Waals surface area contributed by atoms with Crippen LogP contribution in [0.25, 0.3) is 0 Å². The van der Waals surface area contributed by atoms with Crippen molar-refractivity contribution >= 4 is 25.4 Å². The average molecular weight is 342 g/mol. The number of ether oxygens (including phenoxy) is 1. The molecule has 3 heteroatoms. The summed E-state index contributed by atoms with van der Waals surface area (Å²) in [5.74, 6) is 0. The van der Waals surface area contributed by atoms with Crippen LogP contribution in [0.4, 0.5) is 5.69 Å². The van der Waals surface area contributed by atoms with E-state index in [0.717, 1.165) is 20.5 Å². The summed E-state index contributed by atoms with van der Waals surface area (Å²) >= 11 is 0.0925. The zero-order chi connectivity index (χ0) is 14.8. The maximum absolute atomic E-state index is 6.05. The van der Waals surface area contributed by atoms with E-state index >= 15 is 0 Å². The number of nitrogens with zero attached hydrogens (tertiary/aromatic N) is 1. The van der Waals surface area contributed by atoms with Crippen molar-refractivity contribution in [3.8, 4) is 0 Å². The Morgan fingerprint density at radius 3 is 2.33 bits per heavy atom. The molecule has 0 saturated carbocycles. The summed E-state index contributed by atoms with van der Waals surface area (Å²) in [6, 6.07) is 16.4. The third-order valence-electron chi connectivity index (χ3n) is 3.47. The Kier molecular flexibility index (Phi) is 3.96. The molecule has 0 spiro atoms. The Morgan fingerprint density at radius 2 is 1.67 bits per heavy atom. The van der Waals surface area contributed by atoms with Crippen molar-refractivity contribution in [2.45, 2.75) is 20.0 Å². The molecule has 2 aromatic carbocycles. The molecule has 106 valence electrons. The van der Waals surface area contributed by atoms with E-state index in [0.29, 0.717) is 0 Å². The van der Waals surface area contributed by atoms with Gasteiger partial charge in [0.1, 0.15) is 0 Å². The van der Waals surface area contributed by atoms with Crippen LogP contribution < -0.4 is 0 Å². The quantitative estimate of drug-likeness (QED) is 0.747. The maximum atomic E-state index is 6.05. The Balaban J connectivity index is 1.90. The molecular formula is C18H17NOSe. The molecule has 21 heavy (non-hydrogen) atoms. The molecular weight excluding hydrogens is 325 g/mol. The Hall–Kier alpha value is -1.83. The van der Waals surface area contributed by atoms with Crippen molar-refractivity contribution in [3.63, 3.8) is 0 Å². The van der Waals surface area contributed by atoms with Gasteiger partial charge in [0.25, 0.3) is 0 Å². The van der Waals surface area contributed by atoms with E-state index in [1.165, 1.54) is 11.1 Å². The minimum absolute atomic E-state index is 0.0470. The second kappa shape index (κ2) is 5.88. The van der Waals surface area contributed by atoms with Crippen LogP contribution >= 0.6 is 0 Å².